The summed E-state index contributed by atoms with van der Waals surface area (Å²) in [7, 11) is 0. The molecule has 0 saturated carbocycles. The summed E-state index contributed by atoms with van der Waals surface area (Å²) in [6.07, 6.45) is 4.30. The molecule has 6 heteroatoms. The quantitative estimate of drug-likeness (QED) is 0.573. The van der Waals surface area contributed by atoms with Crippen LogP contribution < -0.4 is 10.9 Å². The van der Waals surface area contributed by atoms with Gasteiger partial charge in [0.15, 0.2) is 0 Å². The molecule has 3 aromatic rings. The molecule has 25 heavy (non-hydrogen) atoms. The Kier molecular flexibility index (Phi) is 4.89. The van der Waals surface area contributed by atoms with Crippen LogP contribution in [0.5, 0.6) is 0 Å². The van der Waals surface area contributed by atoms with Gasteiger partial charge in [-0.1, -0.05) is 24.3 Å². The first kappa shape index (κ1) is 16.4. The van der Waals surface area contributed by atoms with Crippen molar-refractivity contribution >= 4 is 29.2 Å². The maximum Gasteiger partial charge on any atom is 0.330 e. The molecule has 0 aliphatic heterocycles. The predicted octanol–water partition coefficient (Wildman–Crippen LogP) is 3.01. The van der Waals surface area contributed by atoms with Gasteiger partial charge in [0.2, 0.25) is 0 Å². The monoisotopic (exact) mass is 335 g/mol. The maximum atomic E-state index is 12.8. The molecule has 1 aromatic carbocycles. The van der Waals surface area contributed by atoms with Crippen LogP contribution in [0.15, 0.2) is 65.6 Å². The lowest BCUT2D eigenvalue weighted by Crippen LogP contribution is -2.19. The zero-order chi connectivity index (χ0) is 17.6. The van der Waals surface area contributed by atoms with Crippen molar-refractivity contribution in [2.24, 2.45) is 0 Å². The normalized spacial score (nSPS) is 10.9. The molecule has 2 heterocycles. The number of carbonyl (C=O) groups excluding carboxylic acids is 1. The van der Waals surface area contributed by atoms with E-state index >= 15 is 0 Å². The first-order valence-electron chi connectivity index (χ1n) is 7.87. The highest BCUT2D eigenvalue weighted by Crippen LogP contribution is 2.18. The molecule has 126 valence electrons. The Morgan fingerprint density at radius 1 is 1.20 bits per heavy atom. The van der Waals surface area contributed by atoms with E-state index in [-0.39, 0.29) is 17.7 Å². The predicted molar refractivity (Wildman–Crippen MR) is 96.9 cm³/mol. The SMILES string of the molecule is CCOC(=O)/C=C/c1c(Nc2ccccc2)nc2ccccn2c1=O. The Hall–Kier alpha value is -3.41. The van der Waals surface area contributed by atoms with Crippen LogP contribution in [-0.2, 0) is 9.53 Å². The Balaban J connectivity index is 2.10. The lowest BCUT2D eigenvalue weighted by molar-refractivity contribution is -0.137. The molecule has 6 nitrogen and oxygen atoms in total. The molecule has 0 aliphatic rings. The van der Waals surface area contributed by atoms with Gasteiger partial charge in [0.25, 0.3) is 5.56 Å². The van der Waals surface area contributed by atoms with Crippen LogP contribution in [0, 0.1) is 0 Å². The first-order valence-corrected chi connectivity index (χ1v) is 7.87. The van der Waals surface area contributed by atoms with Gasteiger partial charge in [-0.3, -0.25) is 9.20 Å². The van der Waals surface area contributed by atoms with Crippen molar-refractivity contribution in [2.45, 2.75) is 6.92 Å². The smallest absolute Gasteiger partial charge is 0.330 e. The fraction of sp³-hybridized carbons (Fsp3) is 0.105. The molecule has 0 spiro atoms. The number of nitrogens with zero attached hydrogens (tertiary/aromatic N) is 2. The highest BCUT2D eigenvalue weighted by atomic mass is 16.5. The van der Waals surface area contributed by atoms with E-state index in [0.717, 1.165) is 5.69 Å². The second-order valence-corrected chi connectivity index (χ2v) is 5.18. The van der Waals surface area contributed by atoms with Crippen LogP contribution in [0.25, 0.3) is 11.7 Å². The molecular weight excluding hydrogens is 318 g/mol. The van der Waals surface area contributed by atoms with Crippen molar-refractivity contribution < 1.29 is 9.53 Å². The summed E-state index contributed by atoms with van der Waals surface area (Å²) in [5, 5.41) is 3.13. The van der Waals surface area contributed by atoms with Crippen LogP contribution >= 0.6 is 0 Å². The molecule has 0 amide bonds. The van der Waals surface area contributed by atoms with Gasteiger partial charge in [-0.25, -0.2) is 9.78 Å². The first-order chi connectivity index (χ1) is 12.2. The Labute approximate surface area is 144 Å². The summed E-state index contributed by atoms with van der Waals surface area (Å²) in [5.41, 5.74) is 1.31. The standard InChI is InChI=1S/C19H17N3O3/c1-2-25-17(23)12-11-15-18(20-14-8-4-3-5-9-14)21-16-10-6-7-13-22(16)19(15)24/h3-13,20H,2H2,1H3/b12-11+. The molecule has 0 radical (unpaired) electrons. The highest BCUT2D eigenvalue weighted by molar-refractivity contribution is 5.88. The number of benzene rings is 1. The van der Waals surface area contributed by atoms with Gasteiger partial charge in [-0.2, -0.15) is 0 Å². The molecule has 1 N–H and O–H groups in total. The zero-order valence-electron chi connectivity index (χ0n) is 13.7. The fourth-order valence-corrected chi connectivity index (χ4v) is 2.35. The highest BCUT2D eigenvalue weighted by Gasteiger charge is 2.11. The number of pyridine rings is 1. The number of carbonyl (C=O) groups is 1. The average molecular weight is 335 g/mol. The van der Waals surface area contributed by atoms with Crippen molar-refractivity contribution in [1.29, 1.82) is 0 Å². The third-order valence-corrected chi connectivity index (χ3v) is 3.48. The van der Waals surface area contributed by atoms with Gasteiger partial charge in [0.05, 0.1) is 12.2 Å². The molecule has 0 atom stereocenters. The van der Waals surface area contributed by atoms with Crippen molar-refractivity contribution in [3.63, 3.8) is 0 Å². The van der Waals surface area contributed by atoms with E-state index in [9.17, 15) is 9.59 Å². The van der Waals surface area contributed by atoms with Crippen molar-refractivity contribution in [3.8, 4) is 0 Å². The number of rotatable bonds is 5. The zero-order valence-corrected chi connectivity index (χ0v) is 13.7. The minimum absolute atomic E-state index is 0.271. The van der Waals surface area contributed by atoms with Gasteiger partial charge in [0.1, 0.15) is 11.5 Å². The van der Waals surface area contributed by atoms with Crippen LogP contribution in [0.2, 0.25) is 0 Å². The summed E-state index contributed by atoms with van der Waals surface area (Å²) in [6, 6.07) is 14.7. The number of nitrogens with one attached hydrogen (secondary N) is 1. The molecule has 0 saturated heterocycles. The molecule has 2 aromatic heterocycles. The molecule has 3 rings (SSSR count). The number of ether oxygens (including phenoxy) is 1. The van der Waals surface area contributed by atoms with Gasteiger partial charge >= 0.3 is 5.97 Å². The van der Waals surface area contributed by atoms with E-state index in [1.165, 1.54) is 16.6 Å². The van der Waals surface area contributed by atoms with E-state index in [4.69, 9.17) is 4.74 Å². The Morgan fingerprint density at radius 3 is 2.72 bits per heavy atom. The second kappa shape index (κ2) is 7.44. The second-order valence-electron chi connectivity index (χ2n) is 5.18. The molecule has 0 fully saturated rings. The average Bonchev–Trinajstić information content (AvgIpc) is 2.62. The fourth-order valence-electron chi connectivity index (χ4n) is 2.35. The van der Waals surface area contributed by atoms with E-state index in [1.54, 1.807) is 25.3 Å². The third kappa shape index (κ3) is 3.74. The van der Waals surface area contributed by atoms with Gasteiger partial charge in [-0.05, 0) is 37.3 Å². The molecule has 0 aliphatic carbocycles. The van der Waals surface area contributed by atoms with E-state index in [0.29, 0.717) is 11.5 Å². The Morgan fingerprint density at radius 2 is 1.96 bits per heavy atom. The van der Waals surface area contributed by atoms with E-state index in [2.05, 4.69) is 10.3 Å². The summed E-state index contributed by atoms with van der Waals surface area (Å²) in [4.78, 5) is 28.9. The van der Waals surface area contributed by atoms with E-state index < -0.39 is 5.97 Å². The maximum absolute atomic E-state index is 12.8. The largest absolute Gasteiger partial charge is 0.463 e. The van der Waals surface area contributed by atoms with Crippen LogP contribution in [-0.4, -0.2) is 22.0 Å². The van der Waals surface area contributed by atoms with Crippen molar-refractivity contribution in [2.75, 3.05) is 11.9 Å². The number of fused-ring (bicyclic) bond motifs is 1. The summed E-state index contributed by atoms with van der Waals surface area (Å²) < 4.78 is 6.31. The third-order valence-electron chi connectivity index (χ3n) is 3.48. The van der Waals surface area contributed by atoms with E-state index in [1.807, 2.05) is 36.4 Å². The lowest BCUT2D eigenvalue weighted by Gasteiger charge is -2.10. The van der Waals surface area contributed by atoms with Gasteiger partial charge in [0, 0.05) is 18.0 Å². The van der Waals surface area contributed by atoms with Crippen molar-refractivity contribution in [3.05, 3.63) is 76.7 Å². The molecule has 0 unspecified atom stereocenters. The number of aromatic nitrogens is 2. The topological polar surface area (TPSA) is 72.7 Å². The summed E-state index contributed by atoms with van der Waals surface area (Å²) in [6.45, 7) is 1.99. The number of hydrogen-bond donors (Lipinski definition) is 1. The van der Waals surface area contributed by atoms with Gasteiger partial charge < -0.3 is 10.1 Å². The lowest BCUT2D eigenvalue weighted by atomic mass is 10.2. The van der Waals surface area contributed by atoms with Crippen LogP contribution in [0.4, 0.5) is 11.5 Å². The number of esters is 1. The number of anilines is 2. The summed E-state index contributed by atoms with van der Waals surface area (Å²) >= 11 is 0. The van der Waals surface area contributed by atoms with Gasteiger partial charge in [-0.15, -0.1) is 0 Å². The Bertz CT molecular complexity index is 978. The minimum atomic E-state index is -0.509. The van der Waals surface area contributed by atoms with Crippen LogP contribution in [0.3, 0.4) is 0 Å². The van der Waals surface area contributed by atoms with Crippen molar-refractivity contribution in [1.82, 2.24) is 9.38 Å². The van der Waals surface area contributed by atoms with Crippen LogP contribution in [0.1, 0.15) is 12.5 Å². The molecular formula is C19H17N3O3. The summed E-state index contributed by atoms with van der Waals surface area (Å²) in [5.74, 6) is -0.131. The minimum Gasteiger partial charge on any atom is -0.463 e. The molecule has 0 bridgehead atoms. The number of para-hydroxylation sites is 1. The number of hydrogen-bond acceptors (Lipinski definition) is 5.